The summed E-state index contributed by atoms with van der Waals surface area (Å²) < 4.78 is 34.0. The van der Waals surface area contributed by atoms with Gasteiger partial charge in [0.05, 0.1) is 38.0 Å². The number of ether oxygens (including phenoxy) is 1. The molecule has 4 rings (SSSR count). The number of aromatic nitrogens is 1. The predicted octanol–water partition coefficient (Wildman–Crippen LogP) is 6.08. The van der Waals surface area contributed by atoms with Gasteiger partial charge in [-0.1, -0.05) is 35.3 Å². The Kier molecular flexibility index (Phi) is 5.40. The van der Waals surface area contributed by atoms with Gasteiger partial charge in [-0.05, 0) is 48.5 Å². The largest absolute Gasteiger partial charge is 0.495 e. The van der Waals surface area contributed by atoms with Crippen LogP contribution in [0, 0.1) is 0 Å². The van der Waals surface area contributed by atoms with Gasteiger partial charge in [0.2, 0.25) is 0 Å². The van der Waals surface area contributed by atoms with E-state index < -0.39 is 10.0 Å². The highest BCUT2D eigenvalue weighted by Crippen LogP contribution is 2.36. The van der Waals surface area contributed by atoms with Crippen LogP contribution in [0.15, 0.2) is 65.6 Å². The molecule has 1 N–H and O–H groups in total. The topological polar surface area (TPSA) is 68.3 Å². The number of hydrogen-bond acceptors (Lipinski definition) is 5. The van der Waals surface area contributed by atoms with Crippen LogP contribution in [-0.2, 0) is 10.0 Å². The number of anilines is 1. The van der Waals surface area contributed by atoms with Crippen LogP contribution >= 0.6 is 34.5 Å². The quantitative estimate of drug-likeness (QED) is 0.388. The number of benzene rings is 3. The van der Waals surface area contributed by atoms with Gasteiger partial charge in [0.15, 0.2) is 0 Å². The van der Waals surface area contributed by atoms with Crippen molar-refractivity contribution < 1.29 is 13.2 Å². The van der Waals surface area contributed by atoms with Gasteiger partial charge < -0.3 is 4.74 Å². The number of fused-ring (bicyclic) bond motifs is 1. The molecule has 0 spiro atoms. The van der Waals surface area contributed by atoms with Crippen LogP contribution in [0.1, 0.15) is 0 Å². The predicted molar refractivity (Wildman–Crippen MR) is 119 cm³/mol. The number of hydrogen-bond donors (Lipinski definition) is 1. The molecule has 148 valence electrons. The zero-order valence-corrected chi connectivity index (χ0v) is 18.2. The molecule has 0 saturated carbocycles. The third kappa shape index (κ3) is 4.04. The van der Waals surface area contributed by atoms with Gasteiger partial charge in [-0.15, -0.1) is 11.3 Å². The Balaban J connectivity index is 1.63. The Morgan fingerprint density at radius 1 is 1.00 bits per heavy atom. The van der Waals surface area contributed by atoms with Crippen LogP contribution in [-0.4, -0.2) is 20.5 Å². The van der Waals surface area contributed by atoms with E-state index in [0.717, 1.165) is 20.8 Å². The summed E-state index contributed by atoms with van der Waals surface area (Å²) in [5.41, 5.74) is 1.97. The summed E-state index contributed by atoms with van der Waals surface area (Å²) in [7, 11) is -2.38. The van der Waals surface area contributed by atoms with Crippen molar-refractivity contribution in [2.24, 2.45) is 0 Å². The molecular weight excluding hydrogens is 451 g/mol. The number of methoxy groups -OCH3 is 1. The van der Waals surface area contributed by atoms with Crippen LogP contribution in [0.4, 0.5) is 5.69 Å². The number of halogens is 2. The van der Waals surface area contributed by atoms with E-state index in [0.29, 0.717) is 16.5 Å². The monoisotopic (exact) mass is 464 g/mol. The van der Waals surface area contributed by atoms with Crippen molar-refractivity contribution in [3.05, 3.63) is 70.7 Å². The number of thiazole rings is 1. The van der Waals surface area contributed by atoms with E-state index in [2.05, 4.69) is 9.71 Å². The Labute approximate surface area is 181 Å². The average molecular weight is 465 g/mol. The highest BCUT2D eigenvalue weighted by Gasteiger charge is 2.18. The minimum absolute atomic E-state index is 0.0228. The highest BCUT2D eigenvalue weighted by atomic mass is 35.5. The van der Waals surface area contributed by atoms with Crippen LogP contribution < -0.4 is 9.46 Å². The molecule has 0 bridgehead atoms. The molecule has 1 heterocycles. The minimum atomic E-state index is -3.84. The molecule has 3 aromatic carbocycles. The molecule has 4 aromatic rings. The van der Waals surface area contributed by atoms with Gasteiger partial charge in [-0.25, -0.2) is 13.4 Å². The first kappa shape index (κ1) is 20.0. The summed E-state index contributed by atoms with van der Waals surface area (Å²) in [6.07, 6.45) is 0. The molecule has 0 fully saturated rings. The SMILES string of the molecule is COc1ccc(S(=O)(=O)Nc2ccc(-c3nc4ccccc4s3)c(Cl)c2)cc1Cl. The summed E-state index contributed by atoms with van der Waals surface area (Å²) >= 11 is 14.0. The van der Waals surface area contributed by atoms with E-state index in [4.69, 9.17) is 27.9 Å². The molecule has 29 heavy (non-hydrogen) atoms. The zero-order chi connectivity index (χ0) is 20.6. The first-order valence-electron chi connectivity index (χ1n) is 8.39. The maximum Gasteiger partial charge on any atom is 0.261 e. The summed E-state index contributed by atoms with van der Waals surface area (Å²) in [4.78, 5) is 4.61. The van der Waals surface area contributed by atoms with Gasteiger partial charge in [-0.3, -0.25) is 4.72 Å². The number of para-hydroxylation sites is 1. The molecule has 0 aliphatic rings. The van der Waals surface area contributed by atoms with E-state index >= 15 is 0 Å². The van der Waals surface area contributed by atoms with Crippen LogP contribution in [0.25, 0.3) is 20.8 Å². The lowest BCUT2D eigenvalue weighted by Crippen LogP contribution is -2.13. The molecule has 0 atom stereocenters. The number of nitrogens with one attached hydrogen (secondary N) is 1. The first-order chi connectivity index (χ1) is 13.9. The molecule has 0 unspecified atom stereocenters. The smallest absolute Gasteiger partial charge is 0.261 e. The lowest BCUT2D eigenvalue weighted by Gasteiger charge is -2.11. The fraction of sp³-hybridized carbons (Fsp3) is 0.0500. The maximum absolute atomic E-state index is 12.7. The molecule has 5 nitrogen and oxygen atoms in total. The van der Waals surface area contributed by atoms with E-state index in [9.17, 15) is 8.42 Å². The van der Waals surface area contributed by atoms with Crippen molar-refractivity contribution in [3.8, 4) is 16.3 Å². The van der Waals surface area contributed by atoms with E-state index in [1.165, 1.54) is 36.6 Å². The van der Waals surface area contributed by atoms with Crippen LogP contribution in [0.5, 0.6) is 5.75 Å². The molecule has 0 radical (unpaired) electrons. The van der Waals surface area contributed by atoms with E-state index in [1.807, 2.05) is 24.3 Å². The third-order valence-corrected chi connectivity index (χ3v) is 7.24. The van der Waals surface area contributed by atoms with Crippen molar-refractivity contribution >= 4 is 60.5 Å². The van der Waals surface area contributed by atoms with Gasteiger partial charge in [0.25, 0.3) is 10.0 Å². The Morgan fingerprint density at radius 2 is 1.79 bits per heavy atom. The lowest BCUT2D eigenvalue weighted by atomic mass is 10.2. The summed E-state index contributed by atoms with van der Waals surface area (Å²) in [6.45, 7) is 0. The lowest BCUT2D eigenvalue weighted by molar-refractivity contribution is 0.414. The summed E-state index contributed by atoms with van der Waals surface area (Å²) in [6, 6.07) is 17.0. The molecule has 0 saturated heterocycles. The van der Waals surface area contributed by atoms with Gasteiger partial charge in [0.1, 0.15) is 10.8 Å². The Morgan fingerprint density at radius 3 is 2.48 bits per heavy atom. The number of rotatable bonds is 5. The molecule has 0 aliphatic carbocycles. The van der Waals surface area contributed by atoms with Crippen molar-refractivity contribution in [1.29, 1.82) is 0 Å². The fourth-order valence-electron chi connectivity index (χ4n) is 2.77. The number of sulfonamides is 1. The first-order valence-corrected chi connectivity index (χ1v) is 11.4. The zero-order valence-electron chi connectivity index (χ0n) is 15.0. The van der Waals surface area contributed by atoms with Crippen molar-refractivity contribution in [1.82, 2.24) is 4.98 Å². The second-order valence-corrected chi connectivity index (χ2v) is 9.61. The molecule has 0 aliphatic heterocycles. The second-order valence-electron chi connectivity index (χ2n) is 6.08. The third-order valence-electron chi connectivity index (χ3n) is 4.18. The van der Waals surface area contributed by atoms with E-state index in [-0.39, 0.29) is 9.92 Å². The fourth-order valence-corrected chi connectivity index (χ4v) is 5.50. The average Bonchev–Trinajstić information content (AvgIpc) is 3.11. The van der Waals surface area contributed by atoms with Gasteiger partial charge >= 0.3 is 0 Å². The Bertz CT molecular complexity index is 1290. The van der Waals surface area contributed by atoms with E-state index in [1.54, 1.807) is 18.2 Å². The molecular formula is C20H14Cl2N2O3S2. The van der Waals surface area contributed by atoms with Gasteiger partial charge in [-0.2, -0.15) is 0 Å². The highest BCUT2D eigenvalue weighted by molar-refractivity contribution is 7.92. The molecule has 0 amide bonds. The maximum atomic E-state index is 12.7. The normalized spacial score (nSPS) is 11.6. The van der Waals surface area contributed by atoms with Gasteiger partial charge in [0, 0.05) is 5.56 Å². The molecule has 1 aromatic heterocycles. The minimum Gasteiger partial charge on any atom is -0.495 e. The molecule has 9 heteroatoms. The summed E-state index contributed by atoms with van der Waals surface area (Å²) in [5, 5.41) is 1.38. The summed E-state index contributed by atoms with van der Waals surface area (Å²) in [5.74, 6) is 0.397. The Hall–Kier alpha value is -2.32. The van der Waals surface area contributed by atoms with Crippen molar-refractivity contribution in [3.63, 3.8) is 0 Å². The standard InChI is InChI=1S/C20H14Cl2N2O3S2/c1-27-18-9-7-13(11-16(18)22)29(25,26)24-12-6-8-14(15(21)10-12)20-23-17-4-2-3-5-19(17)28-20/h2-11,24H,1H3. The van der Waals surface area contributed by atoms with Crippen LogP contribution in [0.2, 0.25) is 10.0 Å². The second kappa shape index (κ2) is 7.84. The van der Waals surface area contributed by atoms with Crippen molar-refractivity contribution in [2.75, 3.05) is 11.8 Å². The van der Waals surface area contributed by atoms with Crippen molar-refractivity contribution in [2.45, 2.75) is 4.90 Å². The van der Waals surface area contributed by atoms with Crippen LogP contribution in [0.3, 0.4) is 0 Å². The number of nitrogens with zero attached hydrogens (tertiary/aromatic N) is 1.